The van der Waals surface area contributed by atoms with Gasteiger partial charge in [0.1, 0.15) is 33.9 Å². The number of hydrogen-bond acceptors (Lipinski definition) is 8. The molecule has 0 aliphatic rings. The van der Waals surface area contributed by atoms with Crippen molar-refractivity contribution in [3.05, 3.63) is 104 Å². The monoisotopic (exact) mass is 692 g/mol. The molecule has 0 bridgehead atoms. The molecule has 262 valence electrons. The number of nitrogens with one attached hydrogen (secondary N) is 2. The van der Waals surface area contributed by atoms with Crippen LogP contribution in [-0.4, -0.2) is 34.5 Å². The summed E-state index contributed by atoms with van der Waals surface area (Å²) in [6.45, 7) is 13.3. The van der Waals surface area contributed by atoms with E-state index in [1.165, 1.54) is 18.2 Å². The molecule has 0 aliphatic carbocycles. The molecule has 0 aliphatic heterocycles. The van der Waals surface area contributed by atoms with Crippen LogP contribution in [0, 0.1) is 23.7 Å². The number of aliphatic hydroxyl groups is 1. The topological polar surface area (TPSA) is 148 Å². The van der Waals surface area contributed by atoms with E-state index in [-0.39, 0.29) is 28.7 Å². The fourth-order valence-corrected chi connectivity index (χ4v) is 3.89. The molecule has 3 N–H and O–H groups in total. The van der Waals surface area contributed by atoms with Crippen LogP contribution in [0.5, 0.6) is 0 Å². The number of amides is 2. The highest BCUT2D eigenvalue weighted by atomic mass is 19.4. The van der Waals surface area contributed by atoms with Gasteiger partial charge in [-0.05, 0) is 83.5 Å². The highest BCUT2D eigenvalue weighted by molar-refractivity contribution is 5.82. The molecule has 0 unspecified atom stereocenters. The molecule has 2 amide bonds. The Labute approximate surface area is 285 Å². The Morgan fingerprint density at radius 3 is 1.74 bits per heavy atom. The van der Waals surface area contributed by atoms with E-state index in [2.05, 4.69) is 35.6 Å². The van der Waals surface area contributed by atoms with Crippen LogP contribution in [0.15, 0.2) is 79.1 Å². The number of hydrogen-bond donors (Lipinski definition) is 3. The minimum Gasteiger partial charge on any atom is -0.459 e. The van der Waals surface area contributed by atoms with Gasteiger partial charge in [-0.3, -0.25) is 14.4 Å². The van der Waals surface area contributed by atoms with Gasteiger partial charge in [-0.2, -0.15) is 13.2 Å². The lowest BCUT2D eigenvalue weighted by atomic mass is 10.1. The average molecular weight is 693 g/mol. The molecule has 0 saturated heterocycles. The van der Waals surface area contributed by atoms with Crippen LogP contribution in [0.1, 0.15) is 64.2 Å². The van der Waals surface area contributed by atoms with Crippen LogP contribution in [0.2, 0.25) is 0 Å². The first-order valence-corrected chi connectivity index (χ1v) is 15.0. The summed E-state index contributed by atoms with van der Waals surface area (Å²) in [4.78, 5) is 46.9. The van der Waals surface area contributed by atoms with E-state index < -0.39 is 41.4 Å². The number of fused-ring (bicyclic) bond motifs is 2. The number of carbonyl (C=O) groups is 2. The molecule has 0 fully saturated rings. The van der Waals surface area contributed by atoms with Crippen molar-refractivity contribution in [3.8, 4) is 23.7 Å². The Bertz CT molecular complexity index is 2180. The lowest BCUT2D eigenvalue weighted by molar-refractivity contribution is -0.173. The highest BCUT2D eigenvalue weighted by Gasteiger charge is 2.38. The van der Waals surface area contributed by atoms with E-state index >= 15 is 0 Å². The van der Waals surface area contributed by atoms with Gasteiger partial charge in [-0.25, -0.2) is 4.79 Å². The molecule has 0 spiro atoms. The van der Waals surface area contributed by atoms with E-state index in [4.69, 9.17) is 13.6 Å². The largest absolute Gasteiger partial charge is 0.471 e. The standard InChI is InChI=1S/C20H23NO5.C17H12F3NO3/c1-19(2,3)26-18(23)21-12-14-11-16(22)15-10-13(6-7-17(15)25-14)8-9-20(4,5)24;1-10(2)3-4-11-5-6-15-13(7-11)14(22)8-12(24-15)9-21-16(23)17(18,19)20/h6-7,10-11,24H,12H2,1-5H3,(H,21,23);5-8H,1,9H2,2H3,(H,21,23). The zero-order valence-corrected chi connectivity index (χ0v) is 28.2. The summed E-state index contributed by atoms with van der Waals surface area (Å²) in [6.07, 6.45) is -5.58. The van der Waals surface area contributed by atoms with E-state index in [9.17, 15) is 37.5 Å². The first-order valence-electron chi connectivity index (χ1n) is 15.0. The maximum absolute atomic E-state index is 12.3. The average Bonchev–Trinajstić information content (AvgIpc) is 2.99. The second-order valence-corrected chi connectivity index (χ2v) is 12.5. The second kappa shape index (κ2) is 15.6. The van der Waals surface area contributed by atoms with E-state index in [0.717, 1.165) is 6.07 Å². The van der Waals surface area contributed by atoms with E-state index in [0.29, 0.717) is 33.4 Å². The number of halogens is 3. The summed E-state index contributed by atoms with van der Waals surface area (Å²) in [6, 6.07) is 12.0. The van der Waals surface area contributed by atoms with Crippen molar-refractivity contribution in [2.75, 3.05) is 0 Å². The normalized spacial score (nSPS) is 11.2. The molecule has 50 heavy (non-hydrogen) atoms. The van der Waals surface area contributed by atoms with Gasteiger partial charge in [0.25, 0.3) is 0 Å². The molecule has 2 aromatic heterocycles. The van der Waals surface area contributed by atoms with Crippen LogP contribution in [0.25, 0.3) is 21.9 Å². The van der Waals surface area contributed by atoms with Gasteiger partial charge in [-0.1, -0.05) is 30.3 Å². The van der Waals surface area contributed by atoms with Gasteiger partial charge < -0.3 is 29.3 Å². The van der Waals surface area contributed by atoms with Crippen LogP contribution in [0.3, 0.4) is 0 Å². The fraction of sp³-hybridized carbons (Fsp3) is 0.297. The molecular weight excluding hydrogens is 657 g/mol. The quantitative estimate of drug-likeness (QED) is 0.226. The van der Waals surface area contributed by atoms with Crippen molar-refractivity contribution in [3.63, 3.8) is 0 Å². The van der Waals surface area contributed by atoms with E-state index in [1.54, 1.807) is 71.1 Å². The summed E-state index contributed by atoms with van der Waals surface area (Å²) in [5, 5.41) is 14.5. The lowest BCUT2D eigenvalue weighted by Crippen LogP contribution is -2.36. The highest BCUT2D eigenvalue weighted by Crippen LogP contribution is 2.18. The molecule has 13 heteroatoms. The van der Waals surface area contributed by atoms with Crippen LogP contribution in [-0.2, 0) is 22.6 Å². The SMILES string of the molecule is C=C(C)C#Cc1ccc2oc(CNC(=O)C(F)(F)F)cc(=O)c2c1.CC(C)(O)C#Cc1ccc2oc(CNC(=O)OC(C)(C)C)cc(=O)c2c1. The van der Waals surface area contributed by atoms with Crippen molar-refractivity contribution < 1.29 is 41.4 Å². The fourth-order valence-electron chi connectivity index (χ4n) is 3.89. The Hall–Kier alpha value is -5.79. The predicted octanol–water partition coefficient (Wildman–Crippen LogP) is 5.84. The minimum atomic E-state index is -4.99. The Balaban J connectivity index is 0.000000271. The number of benzene rings is 2. The van der Waals surface area contributed by atoms with Crippen LogP contribution < -0.4 is 21.5 Å². The third kappa shape index (κ3) is 12.3. The molecule has 4 rings (SSSR count). The maximum atomic E-state index is 12.3. The molecule has 4 aromatic rings. The number of alkyl halides is 3. The molecular formula is C37H35F3N2O8. The molecule has 2 aromatic carbocycles. The van der Waals surface area contributed by atoms with E-state index in [1.807, 2.05) is 0 Å². The molecule has 0 radical (unpaired) electrons. The van der Waals surface area contributed by atoms with Crippen molar-refractivity contribution >= 4 is 33.9 Å². The predicted molar refractivity (Wildman–Crippen MR) is 181 cm³/mol. The number of allylic oxidation sites excluding steroid dienone is 1. The second-order valence-electron chi connectivity index (χ2n) is 12.5. The lowest BCUT2D eigenvalue weighted by Gasteiger charge is -2.19. The summed E-state index contributed by atoms with van der Waals surface area (Å²) in [5.74, 6) is 9.26. The number of ether oxygens (including phenoxy) is 1. The Morgan fingerprint density at radius 1 is 0.820 bits per heavy atom. The van der Waals surface area contributed by atoms with Crippen LogP contribution in [0.4, 0.5) is 18.0 Å². The van der Waals surface area contributed by atoms with Crippen LogP contribution >= 0.6 is 0 Å². The third-order valence-electron chi connectivity index (χ3n) is 5.98. The van der Waals surface area contributed by atoms with Gasteiger partial charge in [0, 0.05) is 23.3 Å². The van der Waals surface area contributed by atoms with Crippen molar-refractivity contribution in [1.29, 1.82) is 0 Å². The van der Waals surface area contributed by atoms with Gasteiger partial charge in [0.15, 0.2) is 10.9 Å². The number of carbonyl (C=O) groups excluding carboxylic acids is 2. The summed E-state index contributed by atoms with van der Waals surface area (Å²) in [7, 11) is 0. The third-order valence-corrected chi connectivity index (χ3v) is 5.98. The zero-order chi connectivity index (χ0) is 37.4. The van der Waals surface area contributed by atoms with Crippen molar-refractivity contribution in [2.45, 2.75) is 72.0 Å². The van der Waals surface area contributed by atoms with Gasteiger partial charge in [-0.15, -0.1) is 0 Å². The smallest absolute Gasteiger partial charge is 0.459 e. The summed E-state index contributed by atoms with van der Waals surface area (Å²) in [5.41, 5.74) is 0.0454. The van der Waals surface area contributed by atoms with Gasteiger partial charge >= 0.3 is 18.2 Å². The number of alkyl carbamates (subject to hydrolysis) is 1. The molecule has 2 heterocycles. The van der Waals surface area contributed by atoms with Crippen molar-refractivity contribution in [2.24, 2.45) is 0 Å². The van der Waals surface area contributed by atoms with Gasteiger partial charge in [0.05, 0.1) is 23.9 Å². The first kappa shape index (κ1) is 38.7. The Kier molecular flexibility index (Phi) is 12.1. The first-order chi connectivity index (χ1) is 23.1. The maximum Gasteiger partial charge on any atom is 0.471 e. The zero-order valence-electron chi connectivity index (χ0n) is 28.2. The number of rotatable bonds is 4. The van der Waals surface area contributed by atoms with Crippen molar-refractivity contribution in [1.82, 2.24) is 10.6 Å². The minimum absolute atomic E-state index is 0.0420. The molecule has 0 atom stereocenters. The summed E-state index contributed by atoms with van der Waals surface area (Å²) < 4.78 is 52.5. The van der Waals surface area contributed by atoms with Gasteiger partial charge in [0.2, 0.25) is 0 Å². The Morgan fingerprint density at radius 2 is 1.30 bits per heavy atom. The molecule has 0 saturated carbocycles. The molecule has 10 nitrogen and oxygen atoms in total. The summed E-state index contributed by atoms with van der Waals surface area (Å²) >= 11 is 0.